The van der Waals surface area contributed by atoms with Gasteiger partial charge in [0.05, 0.1) is 39.7 Å². The number of allylic oxidation sites excluding steroid dienone is 2. The number of hydrogen-bond acceptors (Lipinski definition) is 2. The number of hydrogen-bond donors (Lipinski definition) is 0. The van der Waals surface area contributed by atoms with Gasteiger partial charge in [-0.05, 0) is 78.4 Å². The summed E-state index contributed by atoms with van der Waals surface area (Å²) in [5, 5.41) is 3.73. The summed E-state index contributed by atoms with van der Waals surface area (Å²) < 4.78 is 4.77. The van der Waals surface area contributed by atoms with Crippen LogP contribution >= 0.6 is 0 Å². The van der Waals surface area contributed by atoms with E-state index in [2.05, 4.69) is 225 Å². The van der Waals surface area contributed by atoms with Gasteiger partial charge in [-0.25, -0.2) is 0 Å². The van der Waals surface area contributed by atoms with Gasteiger partial charge in [-0.2, -0.15) is 0 Å². The predicted octanol–water partition coefficient (Wildman–Crippen LogP) is 13.0. The van der Waals surface area contributed by atoms with Gasteiger partial charge in [0.15, 0.2) is 0 Å². The molecule has 0 bridgehead atoms. The Bertz CT molecular complexity index is 3110. The van der Waals surface area contributed by atoms with Gasteiger partial charge in [0.1, 0.15) is 0 Å². The average Bonchev–Trinajstić information content (AvgIpc) is 3.93. The molecule has 0 N–H and O–H groups in total. The number of anilines is 4. The Kier molecular flexibility index (Phi) is 6.72. The third-order valence-electron chi connectivity index (χ3n) is 12.0. The normalized spacial score (nSPS) is 17.0. The van der Waals surface area contributed by atoms with Crippen LogP contribution in [-0.2, 0) is 0 Å². The predicted molar refractivity (Wildman–Crippen MR) is 234 cm³/mol. The Morgan fingerprint density at radius 1 is 0.429 bits per heavy atom. The summed E-state index contributed by atoms with van der Waals surface area (Å²) in [4.78, 5) is 5.06. The van der Waals surface area contributed by atoms with Crippen LogP contribution in [0.1, 0.15) is 11.1 Å². The first-order chi connectivity index (χ1) is 27.8. The lowest BCUT2D eigenvalue weighted by atomic mass is 9.85. The van der Waals surface area contributed by atoms with Crippen molar-refractivity contribution in [3.05, 3.63) is 218 Å². The molecule has 56 heavy (non-hydrogen) atoms. The summed E-state index contributed by atoms with van der Waals surface area (Å²) in [5.41, 5.74) is 15.7. The maximum atomic E-state index is 2.57. The molecule has 0 saturated carbocycles. The fourth-order valence-corrected chi connectivity index (χ4v) is 9.72. The smallest absolute Gasteiger partial charge is 0.0635 e. The second-order valence-electron chi connectivity index (χ2n) is 14.9. The first-order valence-electron chi connectivity index (χ1n) is 19.4. The highest BCUT2D eigenvalue weighted by Crippen LogP contribution is 2.56. The van der Waals surface area contributed by atoms with Gasteiger partial charge in [0.25, 0.3) is 0 Å². The molecule has 0 spiro atoms. The fraction of sp³-hybridized carbons (Fsp3) is 0.0385. The van der Waals surface area contributed by atoms with E-state index in [1.54, 1.807) is 0 Å². The second kappa shape index (κ2) is 12.1. The number of aromatic nitrogens is 2. The van der Waals surface area contributed by atoms with Crippen LogP contribution in [0, 0.1) is 5.92 Å². The Labute approximate surface area is 325 Å². The van der Waals surface area contributed by atoms with Gasteiger partial charge in [0, 0.05) is 62.1 Å². The molecule has 12 rings (SSSR count). The first-order valence-corrected chi connectivity index (χ1v) is 19.4. The van der Waals surface area contributed by atoms with Crippen LogP contribution in [0.2, 0.25) is 0 Å². The molecule has 0 fully saturated rings. The number of benzene rings is 7. The SMILES string of the molecule is C1=CC2C3=C(c4ccccc4N(c4cccc(-n5c6ccccc6c6ccc7c(ccn7-c7ccccc7)c65)c4)c4ccccc43)N(c3ccccc3)C2C=C1. The van der Waals surface area contributed by atoms with Crippen molar-refractivity contribution in [1.82, 2.24) is 9.13 Å². The van der Waals surface area contributed by atoms with Crippen molar-refractivity contribution in [2.45, 2.75) is 6.04 Å². The monoisotopic (exact) mass is 716 g/mol. The summed E-state index contributed by atoms with van der Waals surface area (Å²) in [6.45, 7) is 0. The molecule has 2 unspecified atom stereocenters. The number of nitrogens with zero attached hydrogens (tertiary/aromatic N) is 4. The van der Waals surface area contributed by atoms with Crippen molar-refractivity contribution in [2.24, 2.45) is 5.92 Å². The Hall–Kier alpha value is -7.30. The standard InChI is InChI=1S/C52H36N4/c1-3-16-35(17-4-1)53-33-32-44-45(53)31-30-40-39-22-7-11-26-46(39)56(51(40)44)38-21-15-20-37(34-38)54-47-27-12-8-23-41(47)50-42-24-9-13-28-48(42)55(36-18-5-2-6-19-36)52(50)43-25-10-14-29-49(43)54/h1-34,42,48H. The molecule has 9 aromatic rings. The van der Waals surface area contributed by atoms with Crippen molar-refractivity contribution < 1.29 is 0 Å². The van der Waals surface area contributed by atoms with Crippen LogP contribution in [0.4, 0.5) is 22.7 Å². The highest BCUT2D eigenvalue weighted by Gasteiger charge is 2.44. The minimum absolute atomic E-state index is 0.187. The van der Waals surface area contributed by atoms with E-state index in [4.69, 9.17) is 0 Å². The van der Waals surface area contributed by atoms with Crippen molar-refractivity contribution in [1.29, 1.82) is 0 Å². The van der Waals surface area contributed by atoms with E-state index in [-0.39, 0.29) is 12.0 Å². The molecule has 2 aromatic heterocycles. The van der Waals surface area contributed by atoms with Gasteiger partial charge in [-0.3, -0.25) is 0 Å². The van der Waals surface area contributed by atoms with Crippen LogP contribution in [0.25, 0.3) is 55.4 Å². The third-order valence-corrected chi connectivity index (χ3v) is 12.0. The third kappa shape index (κ3) is 4.41. The number of para-hydroxylation sites is 5. The fourth-order valence-electron chi connectivity index (χ4n) is 9.72. The van der Waals surface area contributed by atoms with Gasteiger partial charge < -0.3 is 18.9 Å². The topological polar surface area (TPSA) is 16.3 Å². The second-order valence-corrected chi connectivity index (χ2v) is 14.9. The summed E-state index contributed by atoms with van der Waals surface area (Å²) in [7, 11) is 0. The minimum atomic E-state index is 0.187. The van der Waals surface area contributed by atoms with Gasteiger partial charge >= 0.3 is 0 Å². The molecular weight excluding hydrogens is 681 g/mol. The largest absolute Gasteiger partial charge is 0.333 e. The van der Waals surface area contributed by atoms with Gasteiger partial charge in [-0.1, -0.05) is 127 Å². The number of rotatable bonds is 4. The number of fused-ring (bicyclic) bond motifs is 11. The van der Waals surface area contributed by atoms with Crippen LogP contribution in [0.5, 0.6) is 0 Å². The van der Waals surface area contributed by atoms with Crippen molar-refractivity contribution in [3.63, 3.8) is 0 Å². The highest BCUT2D eigenvalue weighted by molar-refractivity contribution is 6.18. The van der Waals surface area contributed by atoms with Gasteiger partial charge in [0.2, 0.25) is 0 Å². The maximum Gasteiger partial charge on any atom is 0.0635 e. The lowest BCUT2D eigenvalue weighted by Gasteiger charge is -2.34. The zero-order chi connectivity index (χ0) is 36.7. The Morgan fingerprint density at radius 3 is 1.93 bits per heavy atom. The molecule has 3 aliphatic rings. The summed E-state index contributed by atoms with van der Waals surface area (Å²) in [6, 6.07) is 64.5. The quantitative estimate of drug-likeness (QED) is 0.180. The highest BCUT2D eigenvalue weighted by atomic mass is 15.2. The van der Waals surface area contributed by atoms with Crippen molar-refractivity contribution >= 4 is 66.7 Å². The Balaban J connectivity index is 1.09. The molecule has 4 heterocycles. The minimum Gasteiger partial charge on any atom is -0.333 e. The van der Waals surface area contributed by atoms with E-state index in [1.165, 1.54) is 72.2 Å². The summed E-state index contributed by atoms with van der Waals surface area (Å²) >= 11 is 0. The van der Waals surface area contributed by atoms with E-state index in [0.717, 1.165) is 17.1 Å². The average molecular weight is 717 g/mol. The van der Waals surface area contributed by atoms with Crippen LogP contribution < -0.4 is 9.80 Å². The van der Waals surface area contributed by atoms with Crippen molar-refractivity contribution in [3.8, 4) is 11.4 Å². The van der Waals surface area contributed by atoms with Crippen molar-refractivity contribution in [2.75, 3.05) is 9.80 Å². The van der Waals surface area contributed by atoms with E-state index < -0.39 is 0 Å². The molecule has 4 heteroatoms. The molecule has 2 aliphatic heterocycles. The van der Waals surface area contributed by atoms with E-state index in [1.807, 2.05) is 0 Å². The van der Waals surface area contributed by atoms with E-state index in [9.17, 15) is 0 Å². The van der Waals surface area contributed by atoms with Crippen LogP contribution in [0.3, 0.4) is 0 Å². The maximum absolute atomic E-state index is 2.57. The zero-order valence-corrected chi connectivity index (χ0v) is 30.6. The first kappa shape index (κ1) is 31.1. The lowest BCUT2D eigenvalue weighted by molar-refractivity contribution is 0.715. The van der Waals surface area contributed by atoms with Crippen LogP contribution in [0.15, 0.2) is 206 Å². The molecule has 0 saturated heterocycles. The molecule has 1 aliphatic carbocycles. The summed E-state index contributed by atoms with van der Waals surface area (Å²) in [5.74, 6) is 0.207. The van der Waals surface area contributed by atoms with Gasteiger partial charge in [-0.15, -0.1) is 0 Å². The molecule has 0 amide bonds. The zero-order valence-electron chi connectivity index (χ0n) is 30.6. The molecule has 2 atom stereocenters. The van der Waals surface area contributed by atoms with Crippen LogP contribution in [-0.4, -0.2) is 15.2 Å². The molecule has 264 valence electrons. The molecule has 4 nitrogen and oxygen atoms in total. The van der Waals surface area contributed by atoms with E-state index >= 15 is 0 Å². The Morgan fingerprint density at radius 2 is 1.09 bits per heavy atom. The van der Waals surface area contributed by atoms with E-state index in [0.29, 0.717) is 0 Å². The molecule has 0 radical (unpaired) electrons. The lowest BCUT2D eigenvalue weighted by Crippen LogP contribution is -2.33. The molecule has 7 aromatic carbocycles. The summed E-state index contributed by atoms with van der Waals surface area (Å²) in [6.07, 6.45) is 11.4. The molecular formula is C52H36N4.